The van der Waals surface area contributed by atoms with Crippen LogP contribution in [0.25, 0.3) is 0 Å². The van der Waals surface area contributed by atoms with Gasteiger partial charge in [-0.3, -0.25) is 0 Å². The lowest BCUT2D eigenvalue weighted by atomic mass is 10.1. The summed E-state index contributed by atoms with van der Waals surface area (Å²) in [5.74, 6) is 0.121. The summed E-state index contributed by atoms with van der Waals surface area (Å²) < 4.78 is 28.4. The first-order valence-corrected chi connectivity index (χ1v) is 7.67. The molecule has 2 amide bonds. The average molecular weight is 334 g/mol. The third kappa shape index (κ3) is 5.87. The van der Waals surface area contributed by atoms with E-state index in [0.717, 1.165) is 11.1 Å². The minimum absolute atomic E-state index is 0.0861. The molecule has 2 rings (SSSR count). The van der Waals surface area contributed by atoms with E-state index in [9.17, 15) is 13.6 Å². The normalized spacial score (nSPS) is 11.8. The SMILES string of the molecule is C[C@@H](NC(=O)NCCc1ccc(OC(F)F)cc1)c1ccccc1. The molecule has 2 N–H and O–H groups in total. The van der Waals surface area contributed by atoms with E-state index in [-0.39, 0.29) is 17.8 Å². The van der Waals surface area contributed by atoms with Gasteiger partial charge in [-0.25, -0.2) is 4.79 Å². The van der Waals surface area contributed by atoms with Crippen molar-refractivity contribution >= 4 is 6.03 Å². The van der Waals surface area contributed by atoms with Crippen molar-refractivity contribution in [2.24, 2.45) is 0 Å². The summed E-state index contributed by atoms with van der Waals surface area (Å²) in [5, 5.41) is 5.64. The van der Waals surface area contributed by atoms with Crippen LogP contribution in [0.15, 0.2) is 54.6 Å². The van der Waals surface area contributed by atoms with Crippen molar-refractivity contribution in [3.63, 3.8) is 0 Å². The standard InChI is InChI=1S/C18H20F2N2O2/c1-13(15-5-3-2-4-6-15)22-18(23)21-12-11-14-7-9-16(10-8-14)24-17(19)20/h2-10,13,17H,11-12H2,1H3,(H2,21,22,23)/t13-/m1/s1. The predicted molar refractivity (Wildman–Crippen MR) is 88.2 cm³/mol. The number of carbonyl (C=O) groups excluding carboxylic acids is 1. The van der Waals surface area contributed by atoms with Crippen molar-refractivity contribution in [3.05, 3.63) is 65.7 Å². The molecular weight excluding hydrogens is 314 g/mol. The van der Waals surface area contributed by atoms with Gasteiger partial charge in [0.2, 0.25) is 0 Å². The molecule has 0 aliphatic heterocycles. The smallest absolute Gasteiger partial charge is 0.387 e. The summed E-state index contributed by atoms with van der Waals surface area (Å²) >= 11 is 0. The van der Waals surface area contributed by atoms with Gasteiger partial charge in [0.25, 0.3) is 0 Å². The van der Waals surface area contributed by atoms with E-state index >= 15 is 0 Å². The fourth-order valence-corrected chi connectivity index (χ4v) is 2.23. The first-order chi connectivity index (χ1) is 11.5. The number of amides is 2. The zero-order chi connectivity index (χ0) is 17.4. The third-order valence-electron chi connectivity index (χ3n) is 3.49. The highest BCUT2D eigenvalue weighted by Gasteiger charge is 2.08. The van der Waals surface area contributed by atoms with Gasteiger partial charge in [-0.2, -0.15) is 8.78 Å². The second-order valence-electron chi connectivity index (χ2n) is 5.31. The fraction of sp³-hybridized carbons (Fsp3) is 0.278. The second kappa shape index (κ2) is 8.86. The third-order valence-corrected chi connectivity index (χ3v) is 3.49. The van der Waals surface area contributed by atoms with Gasteiger partial charge in [0.15, 0.2) is 0 Å². The molecule has 0 radical (unpaired) electrons. The van der Waals surface area contributed by atoms with Gasteiger partial charge in [-0.1, -0.05) is 42.5 Å². The molecule has 1 atom stereocenters. The van der Waals surface area contributed by atoms with Crippen molar-refractivity contribution in [3.8, 4) is 5.75 Å². The Morgan fingerprint density at radius 1 is 1.08 bits per heavy atom. The van der Waals surface area contributed by atoms with E-state index < -0.39 is 6.61 Å². The van der Waals surface area contributed by atoms with Gasteiger partial charge in [-0.15, -0.1) is 0 Å². The van der Waals surface area contributed by atoms with Crippen LogP contribution in [0.1, 0.15) is 24.1 Å². The number of hydrogen-bond acceptors (Lipinski definition) is 2. The second-order valence-corrected chi connectivity index (χ2v) is 5.31. The van der Waals surface area contributed by atoms with Crippen molar-refractivity contribution < 1.29 is 18.3 Å². The predicted octanol–water partition coefficient (Wildman–Crippen LogP) is 3.89. The van der Waals surface area contributed by atoms with Crippen LogP contribution in [0.5, 0.6) is 5.75 Å². The number of alkyl halides is 2. The molecule has 0 aliphatic rings. The first kappa shape index (κ1) is 17.7. The van der Waals surface area contributed by atoms with Gasteiger partial charge in [0.05, 0.1) is 6.04 Å². The Hall–Kier alpha value is -2.63. The molecule has 128 valence electrons. The van der Waals surface area contributed by atoms with Crippen LogP contribution in [0.4, 0.5) is 13.6 Å². The van der Waals surface area contributed by atoms with Crippen LogP contribution in [-0.4, -0.2) is 19.2 Å². The number of nitrogens with one attached hydrogen (secondary N) is 2. The van der Waals surface area contributed by atoms with Crippen molar-refractivity contribution in [1.82, 2.24) is 10.6 Å². The number of urea groups is 1. The van der Waals surface area contributed by atoms with Crippen LogP contribution in [0.3, 0.4) is 0 Å². The lowest BCUT2D eigenvalue weighted by Gasteiger charge is -2.15. The quantitative estimate of drug-likeness (QED) is 0.807. The topological polar surface area (TPSA) is 50.4 Å². The van der Waals surface area contributed by atoms with Gasteiger partial charge in [0.1, 0.15) is 5.75 Å². The lowest BCUT2D eigenvalue weighted by Crippen LogP contribution is -2.38. The first-order valence-electron chi connectivity index (χ1n) is 7.67. The number of halogens is 2. The van der Waals surface area contributed by atoms with Crippen LogP contribution < -0.4 is 15.4 Å². The number of benzene rings is 2. The summed E-state index contributed by atoms with van der Waals surface area (Å²) in [6.07, 6.45) is 0.599. The van der Waals surface area contributed by atoms with Crippen molar-refractivity contribution in [2.75, 3.05) is 6.54 Å². The molecule has 0 heterocycles. The molecule has 24 heavy (non-hydrogen) atoms. The van der Waals surface area contributed by atoms with Crippen molar-refractivity contribution in [2.45, 2.75) is 26.0 Å². The molecule has 6 heteroatoms. The minimum atomic E-state index is -2.83. The average Bonchev–Trinajstić information content (AvgIpc) is 2.57. The molecule has 0 unspecified atom stereocenters. The van der Waals surface area contributed by atoms with Gasteiger partial charge < -0.3 is 15.4 Å². The molecule has 0 saturated carbocycles. The Kier molecular flexibility index (Phi) is 6.54. The molecule has 0 fully saturated rings. The van der Waals surface area contributed by atoms with E-state index in [4.69, 9.17) is 0 Å². The summed E-state index contributed by atoms with van der Waals surface area (Å²) in [6.45, 7) is -0.466. The van der Waals surface area contributed by atoms with Crippen LogP contribution in [-0.2, 0) is 6.42 Å². The summed E-state index contributed by atoms with van der Waals surface area (Å²) in [4.78, 5) is 11.9. The molecule has 0 saturated heterocycles. The van der Waals surface area contributed by atoms with E-state index in [1.165, 1.54) is 12.1 Å². The molecule has 0 aliphatic carbocycles. The summed E-state index contributed by atoms with van der Waals surface area (Å²) in [7, 11) is 0. The van der Waals surface area contributed by atoms with Gasteiger partial charge in [0, 0.05) is 6.54 Å². The molecule has 0 aromatic heterocycles. The van der Waals surface area contributed by atoms with Gasteiger partial charge in [-0.05, 0) is 36.6 Å². The molecule has 4 nitrogen and oxygen atoms in total. The van der Waals surface area contributed by atoms with Crippen LogP contribution in [0, 0.1) is 0 Å². The van der Waals surface area contributed by atoms with E-state index in [1.807, 2.05) is 37.3 Å². The Morgan fingerprint density at radius 3 is 2.38 bits per heavy atom. The maximum absolute atomic E-state index is 12.1. The van der Waals surface area contributed by atoms with Crippen molar-refractivity contribution in [1.29, 1.82) is 0 Å². The number of ether oxygens (including phenoxy) is 1. The Balaban J connectivity index is 1.72. The summed E-state index contributed by atoms with van der Waals surface area (Å²) in [6, 6.07) is 15.7. The zero-order valence-corrected chi connectivity index (χ0v) is 13.3. The zero-order valence-electron chi connectivity index (χ0n) is 13.3. The maximum atomic E-state index is 12.1. The molecule has 0 bridgehead atoms. The van der Waals surface area contributed by atoms with E-state index in [2.05, 4.69) is 15.4 Å². The maximum Gasteiger partial charge on any atom is 0.387 e. The monoisotopic (exact) mass is 334 g/mol. The Morgan fingerprint density at radius 2 is 1.75 bits per heavy atom. The fourth-order valence-electron chi connectivity index (χ4n) is 2.23. The highest BCUT2D eigenvalue weighted by Crippen LogP contribution is 2.15. The lowest BCUT2D eigenvalue weighted by molar-refractivity contribution is -0.0498. The van der Waals surface area contributed by atoms with Crippen LogP contribution in [0.2, 0.25) is 0 Å². The molecule has 2 aromatic carbocycles. The molecule has 0 spiro atoms. The Bertz CT molecular complexity index is 633. The highest BCUT2D eigenvalue weighted by atomic mass is 19.3. The largest absolute Gasteiger partial charge is 0.435 e. The minimum Gasteiger partial charge on any atom is -0.435 e. The highest BCUT2D eigenvalue weighted by molar-refractivity contribution is 5.74. The van der Waals surface area contributed by atoms with E-state index in [0.29, 0.717) is 13.0 Å². The molecule has 2 aromatic rings. The molecular formula is C18H20F2N2O2. The number of hydrogen-bond donors (Lipinski definition) is 2. The van der Waals surface area contributed by atoms with Crippen LogP contribution >= 0.6 is 0 Å². The Labute approximate surface area is 139 Å². The number of rotatable bonds is 7. The number of carbonyl (C=O) groups is 1. The summed E-state index contributed by atoms with van der Waals surface area (Å²) in [5.41, 5.74) is 1.95. The van der Waals surface area contributed by atoms with E-state index in [1.54, 1.807) is 12.1 Å². The van der Waals surface area contributed by atoms with Gasteiger partial charge >= 0.3 is 12.6 Å².